The van der Waals surface area contributed by atoms with Gasteiger partial charge in [-0.15, -0.1) is 5.10 Å². The van der Waals surface area contributed by atoms with E-state index in [-0.39, 0.29) is 5.95 Å². The van der Waals surface area contributed by atoms with Gasteiger partial charge in [0.1, 0.15) is 5.75 Å². The summed E-state index contributed by atoms with van der Waals surface area (Å²) < 4.78 is 10.1. The highest BCUT2D eigenvalue weighted by Gasteiger charge is 2.12. The Kier molecular flexibility index (Phi) is 5.68. The van der Waals surface area contributed by atoms with Crippen molar-refractivity contribution in [3.63, 3.8) is 0 Å². The van der Waals surface area contributed by atoms with Gasteiger partial charge in [0.2, 0.25) is 5.95 Å². The first-order valence-electron chi connectivity index (χ1n) is 7.85. The number of para-hydroxylation sites is 1. The Labute approximate surface area is 160 Å². The fraction of sp³-hybridized carbons (Fsp3) is 0.111. The van der Waals surface area contributed by atoms with Crippen LogP contribution in [0.2, 0.25) is 5.02 Å². The third-order valence-corrected chi connectivity index (χ3v) is 3.80. The third-order valence-electron chi connectivity index (χ3n) is 3.56. The first-order valence-corrected chi connectivity index (χ1v) is 8.23. The number of nitrogens with one attached hydrogen (secondary N) is 2. The van der Waals surface area contributed by atoms with Crippen molar-refractivity contribution in [3.8, 4) is 5.75 Å². The first kappa shape index (κ1) is 18.4. The Balaban J connectivity index is 1.85. The van der Waals surface area contributed by atoms with Crippen LogP contribution in [0, 0.1) is 0 Å². The predicted molar refractivity (Wildman–Crippen MR) is 102 cm³/mol. The average Bonchev–Trinajstić information content (AvgIpc) is 2.68. The standard InChI is InChI=1S/C18H16ClN5O3/c1-26-15-8-7-11(19)9-14(15)22-18-23-16(10-20-24-18)21-13-6-4-3-5-12(13)17(25)27-2/h3-10H,1-2H3,(H2,21,22,23,24). The number of rotatable bonds is 6. The number of carbonyl (C=O) groups excluding carboxylic acids is 1. The highest BCUT2D eigenvalue weighted by atomic mass is 35.5. The summed E-state index contributed by atoms with van der Waals surface area (Å²) in [6, 6.07) is 12.1. The van der Waals surface area contributed by atoms with Gasteiger partial charge in [-0.2, -0.15) is 10.1 Å². The summed E-state index contributed by atoms with van der Waals surface area (Å²) in [7, 11) is 2.88. The van der Waals surface area contributed by atoms with Crippen LogP contribution in [0.25, 0.3) is 0 Å². The second-order valence-electron chi connectivity index (χ2n) is 5.30. The highest BCUT2D eigenvalue weighted by Crippen LogP contribution is 2.29. The normalized spacial score (nSPS) is 10.2. The minimum Gasteiger partial charge on any atom is -0.495 e. The lowest BCUT2D eigenvalue weighted by Crippen LogP contribution is -2.07. The van der Waals surface area contributed by atoms with Gasteiger partial charge < -0.3 is 20.1 Å². The van der Waals surface area contributed by atoms with Crippen LogP contribution in [0.5, 0.6) is 5.75 Å². The molecule has 0 unspecified atom stereocenters. The largest absolute Gasteiger partial charge is 0.495 e. The number of ether oxygens (including phenoxy) is 2. The molecule has 3 aromatic rings. The summed E-state index contributed by atoms with van der Waals surface area (Å²) in [6.45, 7) is 0. The van der Waals surface area contributed by atoms with Gasteiger partial charge in [-0.25, -0.2) is 4.79 Å². The highest BCUT2D eigenvalue weighted by molar-refractivity contribution is 6.31. The topological polar surface area (TPSA) is 98.3 Å². The minimum absolute atomic E-state index is 0.233. The molecule has 3 rings (SSSR count). The third kappa shape index (κ3) is 4.42. The molecule has 9 heteroatoms. The molecule has 2 N–H and O–H groups in total. The molecule has 0 fully saturated rings. The zero-order valence-corrected chi connectivity index (χ0v) is 15.3. The van der Waals surface area contributed by atoms with Crippen LogP contribution in [0.3, 0.4) is 0 Å². The fourth-order valence-electron chi connectivity index (χ4n) is 2.33. The predicted octanol–water partition coefficient (Wildman–Crippen LogP) is 3.81. The van der Waals surface area contributed by atoms with E-state index in [1.165, 1.54) is 13.3 Å². The fourth-order valence-corrected chi connectivity index (χ4v) is 2.51. The Morgan fingerprint density at radius 1 is 1.07 bits per heavy atom. The van der Waals surface area contributed by atoms with Gasteiger partial charge in [-0.3, -0.25) is 0 Å². The maximum Gasteiger partial charge on any atom is 0.339 e. The lowest BCUT2D eigenvalue weighted by Gasteiger charge is -2.12. The maximum atomic E-state index is 11.9. The molecule has 0 aliphatic rings. The van der Waals surface area contributed by atoms with Crippen molar-refractivity contribution in [3.05, 3.63) is 59.2 Å². The van der Waals surface area contributed by atoms with E-state index < -0.39 is 5.97 Å². The molecule has 0 spiro atoms. The lowest BCUT2D eigenvalue weighted by molar-refractivity contribution is 0.0602. The minimum atomic E-state index is -0.456. The number of nitrogens with zero attached hydrogens (tertiary/aromatic N) is 3. The number of anilines is 4. The van der Waals surface area contributed by atoms with Crippen molar-refractivity contribution in [2.45, 2.75) is 0 Å². The van der Waals surface area contributed by atoms with E-state index in [1.807, 2.05) is 0 Å². The summed E-state index contributed by atoms with van der Waals surface area (Å²) in [6.07, 6.45) is 1.44. The number of carbonyl (C=O) groups is 1. The number of hydrogen-bond acceptors (Lipinski definition) is 8. The molecule has 2 aromatic carbocycles. The van der Waals surface area contributed by atoms with E-state index in [2.05, 4.69) is 25.8 Å². The van der Waals surface area contributed by atoms with E-state index in [1.54, 1.807) is 49.6 Å². The van der Waals surface area contributed by atoms with Crippen LogP contribution >= 0.6 is 11.6 Å². The number of aromatic nitrogens is 3. The number of methoxy groups -OCH3 is 2. The molecule has 0 bridgehead atoms. The van der Waals surface area contributed by atoms with E-state index in [0.29, 0.717) is 33.5 Å². The van der Waals surface area contributed by atoms with Gasteiger partial charge in [0.05, 0.1) is 37.4 Å². The van der Waals surface area contributed by atoms with E-state index in [0.717, 1.165) is 0 Å². The zero-order valence-electron chi connectivity index (χ0n) is 14.6. The molecule has 8 nitrogen and oxygen atoms in total. The van der Waals surface area contributed by atoms with Gasteiger partial charge in [0.15, 0.2) is 5.82 Å². The van der Waals surface area contributed by atoms with Crippen molar-refractivity contribution in [2.24, 2.45) is 0 Å². The van der Waals surface area contributed by atoms with Crippen molar-refractivity contribution < 1.29 is 14.3 Å². The number of benzene rings is 2. The SMILES string of the molecule is COC(=O)c1ccccc1Nc1cnnc(Nc2cc(Cl)ccc2OC)n1. The Hall–Kier alpha value is -3.39. The van der Waals surface area contributed by atoms with E-state index >= 15 is 0 Å². The summed E-state index contributed by atoms with van der Waals surface area (Å²) >= 11 is 6.03. The Morgan fingerprint density at radius 2 is 1.89 bits per heavy atom. The van der Waals surface area contributed by atoms with Crippen molar-refractivity contribution in [1.29, 1.82) is 0 Å². The summed E-state index contributed by atoms with van der Waals surface area (Å²) in [5.74, 6) is 0.750. The molecular formula is C18H16ClN5O3. The lowest BCUT2D eigenvalue weighted by atomic mass is 10.2. The number of halogens is 1. The molecule has 1 heterocycles. The number of esters is 1. The zero-order chi connectivity index (χ0) is 19.2. The monoisotopic (exact) mass is 385 g/mol. The molecule has 0 saturated heterocycles. The van der Waals surface area contributed by atoms with Crippen LogP contribution in [0.1, 0.15) is 10.4 Å². The summed E-state index contributed by atoms with van der Waals surface area (Å²) in [5.41, 5.74) is 1.51. The smallest absolute Gasteiger partial charge is 0.339 e. The van der Waals surface area contributed by atoms with Crippen molar-refractivity contribution >= 4 is 40.7 Å². The molecule has 0 saturated carbocycles. The first-order chi connectivity index (χ1) is 13.1. The molecule has 1 aromatic heterocycles. The molecule has 0 aliphatic heterocycles. The van der Waals surface area contributed by atoms with E-state index in [4.69, 9.17) is 21.1 Å². The van der Waals surface area contributed by atoms with Gasteiger partial charge in [-0.1, -0.05) is 23.7 Å². The van der Waals surface area contributed by atoms with Gasteiger partial charge in [0, 0.05) is 5.02 Å². The van der Waals surface area contributed by atoms with Crippen LogP contribution in [-0.2, 0) is 4.74 Å². The van der Waals surface area contributed by atoms with Gasteiger partial charge in [0.25, 0.3) is 0 Å². The van der Waals surface area contributed by atoms with Gasteiger partial charge in [-0.05, 0) is 30.3 Å². The molecular weight excluding hydrogens is 370 g/mol. The van der Waals surface area contributed by atoms with Crippen LogP contribution < -0.4 is 15.4 Å². The summed E-state index contributed by atoms with van der Waals surface area (Å²) in [5, 5.41) is 14.5. The molecule has 0 amide bonds. The second kappa shape index (κ2) is 8.33. The van der Waals surface area contributed by atoms with E-state index in [9.17, 15) is 4.79 Å². The second-order valence-corrected chi connectivity index (χ2v) is 5.73. The molecule has 138 valence electrons. The quantitative estimate of drug-likeness (QED) is 0.618. The van der Waals surface area contributed by atoms with Crippen LogP contribution in [0.4, 0.5) is 23.1 Å². The molecule has 0 radical (unpaired) electrons. The van der Waals surface area contributed by atoms with Crippen LogP contribution in [-0.4, -0.2) is 35.4 Å². The summed E-state index contributed by atoms with van der Waals surface area (Å²) in [4.78, 5) is 16.2. The maximum absolute atomic E-state index is 11.9. The number of hydrogen-bond donors (Lipinski definition) is 2. The van der Waals surface area contributed by atoms with Crippen molar-refractivity contribution in [1.82, 2.24) is 15.2 Å². The van der Waals surface area contributed by atoms with Crippen LogP contribution in [0.15, 0.2) is 48.7 Å². The van der Waals surface area contributed by atoms with Crippen molar-refractivity contribution in [2.75, 3.05) is 24.9 Å². The van der Waals surface area contributed by atoms with Gasteiger partial charge >= 0.3 is 5.97 Å². The Bertz CT molecular complexity index is 967. The molecule has 0 aliphatic carbocycles. The Morgan fingerprint density at radius 3 is 2.67 bits per heavy atom. The molecule has 27 heavy (non-hydrogen) atoms. The average molecular weight is 386 g/mol. The molecule has 0 atom stereocenters.